The number of carbonyl (C=O) groups excluding carboxylic acids is 1. The van der Waals surface area contributed by atoms with Gasteiger partial charge in [-0.2, -0.15) is 11.8 Å². The smallest absolute Gasteiger partial charge is 0.317 e. The van der Waals surface area contributed by atoms with Crippen molar-refractivity contribution in [1.29, 1.82) is 0 Å². The van der Waals surface area contributed by atoms with Gasteiger partial charge in [-0.1, -0.05) is 44.2 Å². The van der Waals surface area contributed by atoms with Gasteiger partial charge in [-0.05, 0) is 5.56 Å². The second-order valence-electron chi connectivity index (χ2n) is 5.67. The highest BCUT2D eigenvalue weighted by Crippen LogP contribution is 2.24. The van der Waals surface area contributed by atoms with E-state index >= 15 is 0 Å². The average molecular weight is 341 g/mol. The number of benzene rings is 1. The summed E-state index contributed by atoms with van der Waals surface area (Å²) < 4.78 is 12.0. The van der Waals surface area contributed by atoms with Crippen LogP contribution in [0.2, 0.25) is 0 Å². The van der Waals surface area contributed by atoms with Crippen LogP contribution in [0.1, 0.15) is 19.4 Å². The molecule has 6 heteroatoms. The second kappa shape index (κ2) is 8.58. The first-order chi connectivity index (χ1) is 10.5. The topological polar surface area (TPSA) is 49.4 Å². The fourth-order valence-corrected chi connectivity index (χ4v) is 4.92. The van der Waals surface area contributed by atoms with Crippen LogP contribution in [-0.4, -0.2) is 51.0 Å². The molecule has 122 valence electrons. The van der Waals surface area contributed by atoms with Crippen molar-refractivity contribution in [1.82, 2.24) is 10.2 Å². The Labute approximate surface area is 139 Å². The Morgan fingerprint density at radius 2 is 1.91 bits per heavy atom. The third-order valence-electron chi connectivity index (χ3n) is 3.48. The van der Waals surface area contributed by atoms with Gasteiger partial charge in [0.25, 0.3) is 0 Å². The number of thioether (sulfide) groups is 1. The molecule has 2 amide bonds. The SMILES string of the molecule is C[C@@H]1CN(C(=O)NCC[S@@](=O)Cc2ccccc2)C[C@H](C)S1. The summed E-state index contributed by atoms with van der Waals surface area (Å²) in [6.45, 7) is 6.33. The molecule has 0 radical (unpaired) electrons. The number of nitrogens with one attached hydrogen (secondary N) is 1. The minimum absolute atomic E-state index is 0.0317. The summed E-state index contributed by atoms with van der Waals surface area (Å²) in [5.41, 5.74) is 1.07. The predicted octanol–water partition coefficient (Wildman–Crippen LogP) is 2.47. The molecule has 22 heavy (non-hydrogen) atoms. The molecule has 0 saturated carbocycles. The van der Waals surface area contributed by atoms with Gasteiger partial charge in [-0.25, -0.2) is 4.79 Å². The number of hydrogen-bond donors (Lipinski definition) is 1. The normalized spacial score (nSPS) is 23.1. The zero-order valence-electron chi connectivity index (χ0n) is 13.2. The van der Waals surface area contributed by atoms with Gasteiger partial charge in [0.1, 0.15) is 0 Å². The number of amides is 2. The monoisotopic (exact) mass is 340 g/mol. The van der Waals surface area contributed by atoms with Gasteiger partial charge in [-0.3, -0.25) is 4.21 Å². The summed E-state index contributed by atoms with van der Waals surface area (Å²) in [6.07, 6.45) is 0. The Morgan fingerprint density at radius 1 is 1.27 bits per heavy atom. The maximum atomic E-state index is 12.1. The van der Waals surface area contributed by atoms with Crippen LogP contribution in [0.4, 0.5) is 4.79 Å². The molecule has 2 rings (SSSR count). The van der Waals surface area contributed by atoms with Crippen molar-refractivity contribution in [2.24, 2.45) is 0 Å². The summed E-state index contributed by atoms with van der Waals surface area (Å²) in [6, 6.07) is 9.77. The number of urea groups is 1. The van der Waals surface area contributed by atoms with E-state index in [4.69, 9.17) is 0 Å². The highest BCUT2D eigenvalue weighted by atomic mass is 32.2. The van der Waals surface area contributed by atoms with Crippen molar-refractivity contribution in [3.8, 4) is 0 Å². The molecule has 1 aromatic rings. The van der Waals surface area contributed by atoms with E-state index in [0.29, 0.717) is 28.6 Å². The fourth-order valence-electron chi connectivity index (χ4n) is 2.56. The van der Waals surface area contributed by atoms with Gasteiger partial charge < -0.3 is 10.2 Å². The van der Waals surface area contributed by atoms with Gasteiger partial charge in [0, 0.05) is 52.4 Å². The Balaban J connectivity index is 1.69. The molecule has 1 aliphatic heterocycles. The van der Waals surface area contributed by atoms with Crippen LogP contribution in [0.5, 0.6) is 0 Å². The standard InChI is InChI=1S/C16H24N2O2S2/c1-13-10-18(11-14(2)21-13)16(19)17-8-9-22(20)12-15-6-4-3-5-7-15/h3-7,13-14H,8-12H2,1-2H3,(H,17,19)/t13-,14+,22-/m1/s1. The number of nitrogens with zero attached hydrogens (tertiary/aromatic N) is 1. The zero-order valence-corrected chi connectivity index (χ0v) is 14.8. The Kier molecular flexibility index (Phi) is 6.76. The molecule has 0 unspecified atom stereocenters. The lowest BCUT2D eigenvalue weighted by Crippen LogP contribution is -2.49. The maximum absolute atomic E-state index is 12.1. The van der Waals surface area contributed by atoms with E-state index in [2.05, 4.69) is 19.2 Å². The molecular weight excluding hydrogens is 316 g/mol. The minimum Gasteiger partial charge on any atom is -0.337 e. The van der Waals surface area contributed by atoms with E-state index in [0.717, 1.165) is 18.7 Å². The second-order valence-corrected chi connectivity index (χ2v) is 9.13. The highest BCUT2D eigenvalue weighted by molar-refractivity contribution is 8.00. The summed E-state index contributed by atoms with van der Waals surface area (Å²) in [5.74, 6) is 1.04. The average Bonchev–Trinajstić information content (AvgIpc) is 2.47. The van der Waals surface area contributed by atoms with E-state index in [1.807, 2.05) is 47.0 Å². The largest absolute Gasteiger partial charge is 0.337 e. The number of carbonyl (C=O) groups is 1. The van der Waals surface area contributed by atoms with Gasteiger partial charge in [-0.15, -0.1) is 0 Å². The Bertz CT molecular complexity index is 500. The van der Waals surface area contributed by atoms with Gasteiger partial charge in [0.15, 0.2) is 0 Å². The first-order valence-corrected chi connectivity index (χ1v) is 10.0. The lowest BCUT2D eigenvalue weighted by Gasteiger charge is -2.34. The molecule has 1 fully saturated rings. The van der Waals surface area contributed by atoms with E-state index < -0.39 is 10.8 Å². The Morgan fingerprint density at radius 3 is 2.55 bits per heavy atom. The third-order valence-corrected chi connectivity index (χ3v) is 6.03. The predicted molar refractivity (Wildman–Crippen MR) is 94.6 cm³/mol. The molecule has 1 aromatic carbocycles. The van der Waals surface area contributed by atoms with Crippen LogP contribution in [0.3, 0.4) is 0 Å². The van der Waals surface area contributed by atoms with Crippen LogP contribution in [0.15, 0.2) is 30.3 Å². The molecule has 1 N–H and O–H groups in total. The van der Waals surface area contributed by atoms with Crippen molar-refractivity contribution >= 4 is 28.6 Å². The lowest BCUT2D eigenvalue weighted by molar-refractivity contribution is 0.197. The molecule has 1 aliphatic rings. The van der Waals surface area contributed by atoms with Crippen molar-refractivity contribution in [3.63, 3.8) is 0 Å². The first-order valence-electron chi connectivity index (χ1n) is 7.61. The van der Waals surface area contributed by atoms with Crippen molar-refractivity contribution in [2.45, 2.75) is 30.1 Å². The van der Waals surface area contributed by atoms with E-state index in [-0.39, 0.29) is 6.03 Å². The number of hydrogen-bond acceptors (Lipinski definition) is 3. The van der Waals surface area contributed by atoms with Crippen molar-refractivity contribution < 1.29 is 9.00 Å². The van der Waals surface area contributed by atoms with Crippen LogP contribution < -0.4 is 5.32 Å². The van der Waals surface area contributed by atoms with Gasteiger partial charge >= 0.3 is 6.03 Å². The van der Waals surface area contributed by atoms with Crippen LogP contribution in [-0.2, 0) is 16.6 Å². The quantitative estimate of drug-likeness (QED) is 0.896. The first kappa shape index (κ1) is 17.3. The maximum Gasteiger partial charge on any atom is 0.317 e. The molecule has 0 aromatic heterocycles. The van der Waals surface area contributed by atoms with Crippen LogP contribution >= 0.6 is 11.8 Å². The van der Waals surface area contributed by atoms with Crippen LogP contribution in [0.25, 0.3) is 0 Å². The molecule has 4 nitrogen and oxygen atoms in total. The summed E-state index contributed by atoms with van der Waals surface area (Å²) >= 11 is 1.92. The number of rotatable bonds is 5. The molecule has 0 spiro atoms. The Hall–Kier alpha value is -1.01. The fraction of sp³-hybridized carbons (Fsp3) is 0.562. The van der Waals surface area contributed by atoms with Crippen LogP contribution in [0, 0.1) is 0 Å². The molecule has 1 heterocycles. The lowest BCUT2D eigenvalue weighted by atomic mass is 10.2. The molecule has 1 saturated heterocycles. The summed E-state index contributed by atoms with van der Waals surface area (Å²) in [7, 11) is -0.944. The highest BCUT2D eigenvalue weighted by Gasteiger charge is 2.25. The molecule has 0 bridgehead atoms. The van der Waals surface area contributed by atoms with Crippen molar-refractivity contribution in [2.75, 3.05) is 25.4 Å². The molecule has 0 aliphatic carbocycles. The van der Waals surface area contributed by atoms with E-state index in [1.165, 1.54) is 0 Å². The minimum atomic E-state index is -0.944. The zero-order chi connectivity index (χ0) is 15.9. The van der Waals surface area contributed by atoms with Gasteiger partial charge in [0.05, 0.1) is 0 Å². The molecule has 3 atom stereocenters. The molecular formula is C16H24N2O2S2. The van der Waals surface area contributed by atoms with Gasteiger partial charge in [0.2, 0.25) is 0 Å². The third kappa shape index (κ3) is 5.65. The van der Waals surface area contributed by atoms with Crippen molar-refractivity contribution in [3.05, 3.63) is 35.9 Å². The van der Waals surface area contributed by atoms with E-state index in [9.17, 15) is 9.00 Å². The summed E-state index contributed by atoms with van der Waals surface area (Å²) in [5, 5.41) is 3.84. The summed E-state index contributed by atoms with van der Waals surface area (Å²) in [4.78, 5) is 14.0. The van der Waals surface area contributed by atoms with E-state index in [1.54, 1.807) is 0 Å².